The van der Waals surface area contributed by atoms with Gasteiger partial charge in [-0.15, -0.1) is 0 Å². The van der Waals surface area contributed by atoms with Gasteiger partial charge in [-0.25, -0.2) is 13.1 Å². The number of ether oxygens (including phenoxy) is 1. The van der Waals surface area contributed by atoms with Gasteiger partial charge in [-0.05, 0) is 48.4 Å². The van der Waals surface area contributed by atoms with Crippen LogP contribution < -0.4 is 9.46 Å². The number of hydrogen-bond acceptors (Lipinski definition) is 6. The van der Waals surface area contributed by atoms with Gasteiger partial charge in [0.1, 0.15) is 5.75 Å². The minimum atomic E-state index is -3.68. The number of rotatable bonds is 9. The molecule has 0 unspecified atom stereocenters. The third-order valence-electron chi connectivity index (χ3n) is 5.48. The number of methoxy groups -OCH3 is 1. The fraction of sp³-hybridized carbons (Fsp3) is 0.391. The van der Waals surface area contributed by atoms with E-state index in [-0.39, 0.29) is 23.8 Å². The van der Waals surface area contributed by atoms with Gasteiger partial charge in [-0.3, -0.25) is 9.69 Å². The van der Waals surface area contributed by atoms with E-state index in [9.17, 15) is 13.2 Å². The van der Waals surface area contributed by atoms with Gasteiger partial charge in [0.05, 0.1) is 18.1 Å². The average Bonchev–Trinajstić information content (AvgIpc) is 2.83. The number of amides is 1. The van der Waals surface area contributed by atoms with Crippen molar-refractivity contribution in [3.63, 3.8) is 0 Å². The second-order valence-electron chi connectivity index (χ2n) is 7.56. The van der Waals surface area contributed by atoms with Crippen LogP contribution in [0, 0.1) is 11.3 Å². The summed E-state index contributed by atoms with van der Waals surface area (Å²) in [6.07, 6.45) is 1.04. The Morgan fingerprint density at radius 3 is 2.31 bits per heavy atom. The standard InChI is InChI=1S/C23H28N4O4S/c1-31-21-7-3-19(4-8-21)11-14-26-15-17-27(18-16-26)23(28)20-5-9-22(10-6-20)32(29,30)25-13-2-12-24/h3-10,25H,2,11,13-18H2,1H3. The van der Waals surface area contributed by atoms with Crippen molar-refractivity contribution in [2.24, 2.45) is 0 Å². The second-order valence-corrected chi connectivity index (χ2v) is 9.33. The third-order valence-corrected chi connectivity index (χ3v) is 6.95. The molecule has 1 saturated heterocycles. The molecule has 1 heterocycles. The molecule has 1 fully saturated rings. The van der Waals surface area contributed by atoms with E-state index in [2.05, 4.69) is 21.8 Å². The summed E-state index contributed by atoms with van der Waals surface area (Å²) < 4.78 is 31.9. The molecule has 3 rings (SSSR count). The van der Waals surface area contributed by atoms with Gasteiger partial charge in [0.2, 0.25) is 10.0 Å². The van der Waals surface area contributed by atoms with Crippen LogP contribution in [0.2, 0.25) is 0 Å². The van der Waals surface area contributed by atoms with Crippen molar-refractivity contribution in [3.05, 3.63) is 59.7 Å². The van der Waals surface area contributed by atoms with E-state index in [4.69, 9.17) is 10.00 Å². The van der Waals surface area contributed by atoms with Gasteiger partial charge in [0.15, 0.2) is 0 Å². The molecule has 32 heavy (non-hydrogen) atoms. The van der Waals surface area contributed by atoms with Crippen LogP contribution in [0.1, 0.15) is 22.3 Å². The molecule has 170 valence electrons. The van der Waals surface area contributed by atoms with E-state index in [1.54, 1.807) is 12.0 Å². The molecule has 1 aliphatic rings. The SMILES string of the molecule is COc1ccc(CCN2CCN(C(=O)c3ccc(S(=O)(=O)NCCC#N)cc3)CC2)cc1. The van der Waals surface area contributed by atoms with E-state index in [0.717, 1.165) is 31.8 Å². The Bertz CT molecular complexity index is 1040. The van der Waals surface area contributed by atoms with Crippen molar-refractivity contribution in [1.29, 1.82) is 5.26 Å². The number of piperazine rings is 1. The van der Waals surface area contributed by atoms with Crippen molar-refractivity contribution < 1.29 is 17.9 Å². The molecule has 2 aromatic rings. The Kier molecular flexibility index (Phi) is 8.22. The molecule has 1 aliphatic heterocycles. The molecule has 0 radical (unpaired) electrons. The average molecular weight is 457 g/mol. The molecule has 0 aliphatic carbocycles. The van der Waals surface area contributed by atoms with Crippen LogP contribution in [-0.4, -0.2) is 70.5 Å². The van der Waals surface area contributed by atoms with Crippen LogP contribution in [0.15, 0.2) is 53.4 Å². The maximum atomic E-state index is 12.8. The first-order chi connectivity index (χ1) is 15.4. The lowest BCUT2D eigenvalue weighted by Gasteiger charge is -2.34. The predicted octanol–water partition coefficient (Wildman–Crippen LogP) is 1.89. The molecule has 1 amide bonds. The fourth-order valence-corrected chi connectivity index (χ4v) is 4.57. The van der Waals surface area contributed by atoms with E-state index >= 15 is 0 Å². The Morgan fingerprint density at radius 2 is 1.72 bits per heavy atom. The third kappa shape index (κ3) is 6.29. The van der Waals surface area contributed by atoms with Gasteiger partial charge >= 0.3 is 0 Å². The second kappa shape index (κ2) is 11.1. The molecule has 0 aromatic heterocycles. The summed E-state index contributed by atoms with van der Waals surface area (Å²) in [5, 5.41) is 8.54. The lowest BCUT2D eigenvalue weighted by molar-refractivity contribution is 0.0638. The van der Waals surface area contributed by atoms with Crippen molar-refractivity contribution in [2.75, 3.05) is 46.4 Å². The van der Waals surface area contributed by atoms with Gasteiger partial charge < -0.3 is 9.64 Å². The van der Waals surface area contributed by atoms with Gasteiger partial charge in [0.25, 0.3) is 5.91 Å². The van der Waals surface area contributed by atoms with Crippen molar-refractivity contribution >= 4 is 15.9 Å². The van der Waals surface area contributed by atoms with Crippen LogP contribution >= 0.6 is 0 Å². The summed E-state index contributed by atoms with van der Waals surface area (Å²) in [7, 11) is -2.03. The lowest BCUT2D eigenvalue weighted by Crippen LogP contribution is -2.49. The molecule has 9 heteroatoms. The summed E-state index contributed by atoms with van der Waals surface area (Å²) in [6.45, 7) is 3.87. The quantitative estimate of drug-likeness (QED) is 0.578. The van der Waals surface area contributed by atoms with Crippen LogP contribution in [0.25, 0.3) is 0 Å². The Morgan fingerprint density at radius 1 is 1.06 bits per heavy atom. The van der Waals surface area contributed by atoms with Gasteiger partial charge in [-0.2, -0.15) is 5.26 Å². The zero-order chi connectivity index (χ0) is 23.0. The predicted molar refractivity (Wildman–Crippen MR) is 121 cm³/mol. The number of sulfonamides is 1. The zero-order valence-corrected chi connectivity index (χ0v) is 19.0. The summed E-state index contributed by atoms with van der Waals surface area (Å²) in [5.41, 5.74) is 1.72. The topological polar surface area (TPSA) is 103 Å². The summed E-state index contributed by atoms with van der Waals surface area (Å²) in [4.78, 5) is 17.0. The number of carbonyl (C=O) groups is 1. The number of nitriles is 1. The van der Waals surface area contributed by atoms with E-state index in [0.29, 0.717) is 18.7 Å². The highest BCUT2D eigenvalue weighted by molar-refractivity contribution is 7.89. The Hall–Kier alpha value is -2.93. The molecular weight excluding hydrogens is 428 g/mol. The summed E-state index contributed by atoms with van der Waals surface area (Å²) in [6, 6.07) is 15.9. The number of hydrogen-bond donors (Lipinski definition) is 1. The van der Waals surface area contributed by atoms with Crippen LogP contribution in [0.3, 0.4) is 0 Å². The van der Waals surface area contributed by atoms with E-state index in [1.165, 1.54) is 29.8 Å². The molecule has 1 N–H and O–H groups in total. The Balaban J connectivity index is 1.48. The zero-order valence-electron chi connectivity index (χ0n) is 18.2. The van der Waals surface area contributed by atoms with E-state index < -0.39 is 10.0 Å². The number of nitrogens with zero attached hydrogens (tertiary/aromatic N) is 3. The fourth-order valence-electron chi connectivity index (χ4n) is 3.54. The van der Waals surface area contributed by atoms with Gasteiger partial charge in [0, 0.05) is 51.3 Å². The smallest absolute Gasteiger partial charge is 0.253 e. The summed E-state index contributed by atoms with van der Waals surface area (Å²) >= 11 is 0. The monoisotopic (exact) mass is 456 g/mol. The molecular formula is C23H28N4O4S. The molecule has 2 aromatic carbocycles. The highest BCUT2D eigenvalue weighted by Gasteiger charge is 2.22. The van der Waals surface area contributed by atoms with Crippen molar-refractivity contribution in [3.8, 4) is 11.8 Å². The first-order valence-corrected chi connectivity index (χ1v) is 12.0. The maximum Gasteiger partial charge on any atom is 0.253 e. The number of carbonyl (C=O) groups excluding carboxylic acids is 1. The van der Waals surface area contributed by atoms with Crippen molar-refractivity contribution in [2.45, 2.75) is 17.7 Å². The van der Waals surface area contributed by atoms with Crippen LogP contribution in [-0.2, 0) is 16.4 Å². The first kappa shape index (κ1) is 23.7. The van der Waals surface area contributed by atoms with E-state index in [1.807, 2.05) is 18.2 Å². The minimum absolute atomic E-state index is 0.0578. The number of nitrogens with one attached hydrogen (secondary N) is 1. The van der Waals surface area contributed by atoms with Gasteiger partial charge in [-0.1, -0.05) is 12.1 Å². The van der Waals surface area contributed by atoms with Crippen LogP contribution in [0.5, 0.6) is 5.75 Å². The largest absolute Gasteiger partial charge is 0.497 e. The highest BCUT2D eigenvalue weighted by atomic mass is 32.2. The molecule has 8 nitrogen and oxygen atoms in total. The molecule has 0 saturated carbocycles. The van der Waals surface area contributed by atoms with Crippen molar-refractivity contribution in [1.82, 2.24) is 14.5 Å². The molecule has 0 spiro atoms. The first-order valence-electron chi connectivity index (χ1n) is 10.5. The lowest BCUT2D eigenvalue weighted by atomic mass is 10.1. The highest BCUT2D eigenvalue weighted by Crippen LogP contribution is 2.15. The number of benzene rings is 2. The minimum Gasteiger partial charge on any atom is -0.497 e. The normalized spacial score (nSPS) is 14.7. The summed E-state index contributed by atoms with van der Waals surface area (Å²) in [5.74, 6) is 0.753. The molecule has 0 atom stereocenters. The Labute approximate surface area is 189 Å². The van der Waals surface area contributed by atoms with Crippen LogP contribution in [0.4, 0.5) is 0 Å². The maximum absolute atomic E-state index is 12.8. The molecule has 0 bridgehead atoms.